The minimum Gasteiger partial charge on any atom is -0.369 e. The van der Waals surface area contributed by atoms with Gasteiger partial charge in [0.2, 0.25) is 11.8 Å². The van der Waals surface area contributed by atoms with Gasteiger partial charge in [0.1, 0.15) is 12.4 Å². The largest absolute Gasteiger partial charge is 0.369 e. The monoisotopic (exact) mass is 403 g/mol. The molecule has 9 heteroatoms. The lowest BCUT2D eigenvalue weighted by Crippen LogP contribution is -2.56. The van der Waals surface area contributed by atoms with E-state index in [4.69, 9.17) is 17.3 Å². The van der Waals surface area contributed by atoms with Crippen LogP contribution < -0.4 is 10.6 Å². The summed E-state index contributed by atoms with van der Waals surface area (Å²) in [4.78, 5) is 46.6. The van der Waals surface area contributed by atoms with Crippen LogP contribution in [0.5, 0.6) is 0 Å². The van der Waals surface area contributed by atoms with E-state index in [1.54, 1.807) is 21.9 Å². The van der Waals surface area contributed by atoms with Crippen molar-refractivity contribution in [2.75, 3.05) is 37.6 Å². The number of likely N-dealkylation sites (tertiary alicyclic amines) is 1. The third-order valence-electron chi connectivity index (χ3n) is 5.55. The number of aliphatic imine (C=N–C) groups is 1. The lowest BCUT2D eigenvalue weighted by molar-refractivity contribution is -0.133. The molecule has 1 saturated heterocycles. The molecule has 0 spiro atoms. The zero-order valence-corrected chi connectivity index (χ0v) is 16.2. The van der Waals surface area contributed by atoms with Crippen LogP contribution in [0, 0.1) is 5.92 Å². The van der Waals surface area contributed by atoms with Crippen LogP contribution in [0.3, 0.4) is 0 Å². The van der Waals surface area contributed by atoms with Gasteiger partial charge in [-0.05, 0) is 37.5 Å². The molecule has 148 valence electrons. The van der Waals surface area contributed by atoms with Crippen LogP contribution in [0.25, 0.3) is 0 Å². The molecule has 3 heterocycles. The summed E-state index contributed by atoms with van der Waals surface area (Å²) in [6.45, 7) is 2.11. The number of anilines is 1. The maximum atomic E-state index is 13.1. The highest BCUT2D eigenvalue weighted by Crippen LogP contribution is 2.33. The van der Waals surface area contributed by atoms with E-state index in [-0.39, 0.29) is 30.3 Å². The number of nitrogens with two attached hydrogens (primary N) is 1. The highest BCUT2D eigenvalue weighted by molar-refractivity contribution is 6.31. The number of piperidine rings is 1. The average molecular weight is 404 g/mol. The fourth-order valence-electron chi connectivity index (χ4n) is 3.99. The molecule has 8 nitrogen and oxygen atoms in total. The third kappa shape index (κ3) is 3.32. The van der Waals surface area contributed by atoms with E-state index in [9.17, 15) is 14.4 Å². The number of primary amides is 1. The second kappa shape index (κ2) is 7.43. The molecule has 1 aromatic carbocycles. The topological polar surface area (TPSA) is 99.3 Å². The molecule has 3 aliphatic rings. The van der Waals surface area contributed by atoms with Crippen molar-refractivity contribution in [3.8, 4) is 0 Å². The molecular formula is C19H22ClN5O3. The second-order valence-corrected chi connectivity index (χ2v) is 7.73. The lowest BCUT2D eigenvalue weighted by Gasteiger charge is -2.40. The van der Waals surface area contributed by atoms with Crippen LogP contribution in [0.15, 0.2) is 23.2 Å². The minimum absolute atomic E-state index is 0.0722. The predicted molar refractivity (Wildman–Crippen MR) is 105 cm³/mol. The van der Waals surface area contributed by atoms with Gasteiger partial charge in [0.05, 0.1) is 5.69 Å². The standard InChI is InChI=1S/C19H22ClN5O3/c20-13-2-3-14-15(10-13)25(19(28)24-7-1-6-22-18(14)24)11-16(26)23-8-4-12(5-9-23)17(21)27/h2-3,10,12H,1,4-9,11H2,(H2,21,27). The quantitative estimate of drug-likeness (QED) is 0.826. The zero-order chi connectivity index (χ0) is 19.8. The first kappa shape index (κ1) is 18.7. The predicted octanol–water partition coefficient (Wildman–Crippen LogP) is 1.46. The zero-order valence-electron chi connectivity index (χ0n) is 15.4. The van der Waals surface area contributed by atoms with Crippen molar-refractivity contribution in [2.45, 2.75) is 19.3 Å². The molecule has 1 fully saturated rings. The Morgan fingerprint density at radius 2 is 1.96 bits per heavy atom. The van der Waals surface area contributed by atoms with Crippen molar-refractivity contribution >= 4 is 41.0 Å². The molecule has 0 atom stereocenters. The van der Waals surface area contributed by atoms with E-state index in [1.807, 2.05) is 6.07 Å². The van der Waals surface area contributed by atoms with Gasteiger partial charge in [-0.1, -0.05) is 11.6 Å². The molecule has 28 heavy (non-hydrogen) atoms. The minimum atomic E-state index is -0.321. The number of halogens is 1. The van der Waals surface area contributed by atoms with Gasteiger partial charge in [0.25, 0.3) is 0 Å². The number of benzene rings is 1. The summed E-state index contributed by atoms with van der Waals surface area (Å²) in [5.74, 6) is -0.0143. The summed E-state index contributed by atoms with van der Waals surface area (Å²) in [6.07, 6.45) is 1.90. The fourth-order valence-corrected chi connectivity index (χ4v) is 4.16. The molecule has 0 saturated carbocycles. The molecule has 4 rings (SSSR count). The Hall–Kier alpha value is -2.61. The number of carbonyl (C=O) groups excluding carboxylic acids is 3. The Labute approximate surface area is 167 Å². The molecule has 1 aromatic rings. The fraction of sp³-hybridized carbons (Fsp3) is 0.474. The van der Waals surface area contributed by atoms with Crippen molar-refractivity contribution in [3.63, 3.8) is 0 Å². The molecule has 0 aliphatic carbocycles. The Kier molecular flexibility index (Phi) is 4.97. The van der Waals surface area contributed by atoms with Crippen LogP contribution in [0.4, 0.5) is 10.5 Å². The number of hydrogen-bond donors (Lipinski definition) is 1. The summed E-state index contributed by atoms with van der Waals surface area (Å²) in [5.41, 5.74) is 6.78. The van der Waals surface area contributed by atoms with Crippen LogP contribution in [0.1, 0.15) is 24.8 Å². The number of nitrogens with zero attached hydrogens (tertiary/aromatic N) is 4. The number of hydrogen-bond acceptors (Lipinski definition) is 4. The number of amidine groups is 1. The summed E-state index contributed by atoms with van der Waals surface area (Å²) in [7, 11) is 0. The third-order valence-corrected chi connectivity index (χ3v) is 5.79. The van der Waals surface area contributed by atoms with Gasteiger partial charge in [0.15, 0.2) is 0 Å². The first-order chi connectivity index (χ1) is 13.5. The van der Waals surface area contributed by atoms with Crippen molar-refractivity contribution in [1.82, 2.24) is 9.80 Å². The lowest BCUT2D eigenvalue weighted by atomic mass is 9.96. The molecule has 2 N–H and O–H groups in total. The van der Waals surface area contributed by atoms with Gasteiger partial charge in [-0.25, -0.2) is 4.79 Å². The maximum absolute atomic E-state index is 13.1. The van der Waals surface area contributed by atoms with E-state index < -0.39 is 0 Å². The summed E-state index contributed by atoms with van der Waals surface area (Å²) >= 11 is 6.17. The van der Waals surface area contributed by atoms with E-state index in [2.05, 4.69) is 4.99 Å². The Balaban J connectivity index is 1.57. The summed E-state index contributed by atoms with van der Waals surface area (Å²) in [6, 6.07) is 5.06. The number of amides is 4. The highest BCUT2D eigenvalue weighted by atomic mass is 35.5. The molecule has 4 amide bonds. The Morgan fingerprint density at radius 3 is 2.68 bits per heavy atom. The molecule has 0 unspecified atom stereocenters. The van der Waals surface area contributed by atoms with E-state index in [0.29, 0.717) is 55.6 Å². The molecule has 3 aliphatic heterocycles. The van der Waals surface area contributed by atoms with Crippen LogP contribution in [0.2, 0.25) is 5.02 Å². The average Bonchev–Trinajstić information content (AvgIpc) is 2.71. The number of fused-ring (bicyclic) bond motifs is 3. The first-order valence-corrected chi connectivity index (χ1v) is 9.84. The van der Waals surface area contributed by atoms with Crippen molar-refractivity contribution in [2.24, 2.45) is 16.6 Å². The van der Waals surface area contributed by atoms with E-state index >= 15 is 0 Å². The Bertz CT molecular complexity index is 863. The van der Waals surface area contributed by atoms with Crippen LogP contribution in [-0.4, -0.2) is 66.2 Å². The molecular weight excluding hydrogens is 382 g/mol. The van der Waals surface area contributed by atoms with Crippen LogP contribution in [-0.2, 0) is 9.59 Å². The SMILES string of the molecule is NC(=O)C1CCN(C(=O)CN2C(=O)N3CCCN=C3c3ccc(Cl)cc32)CC1. The number of rotatable bonds is 3. The molecule has 0 radical (unpaired) electrons. The van der Waals surface area contributed by atoms with Gasteiger partial charge in [-0.15, -0.1) is 0 Å². The maximum Gasteiger partial charge on any atom is 0.330 e. The Morgan fingerprint density at radius 1 is 1.21 bits per heavy atom. The van der Waals surface area contributed by atoms with Crippen LogP contribution >= 0.6 is 11.6 Å². The normalized spacial score (nSPS) is 19.8. The van der Waals surface area contributed by atoms with Crippen molar-refractivity contribution in [1.29, 1.82) is 0 Å². The van der Waals surface area contributed by atoms with E-state index in [1.165, 1.54) is 4.90 Å². The van der Waals surface area contributed by atoms with Gasteiger partial charge in [-0.3, -0.25) is 24.4 Å². The van der Waals surface area contributed by atoms with E-state index in [0.717, 1.165) is 12.0 Å². The summed E-state index contributed by atoms with van der Waals surface area (Å²) < 4.78 is 0. The van der Waals surface area contributed by atoms with Gasteiger partial charge < -0.3 is 10.6 Å². The second-order valence-electron chi connectivity index (χ2n) is 7.30. The van der Waals surface area contributed by atoms with Gasteiger partial charge in [0, 0.05) is 42.7 Å². The first-order valence-electron chi connectivity index (χ1n) is 9.46. The highest BCUT2D eigenvalue weighted by Gasteiger charge is 2.38. The summed E-state index contributed by atoms with van der Waals surface area (Å²) in [5, 5.41) is 0.496. The molecule has 0 bridgehead atoms. The molecule has 0 aromatic heterocycles. The van der Waals surface area contributed by atoms with Gasteiger partial charge >= 0.3 is 6.03 Å². The number of carbonyl (C=O) groups is 3. The smallest absolute Gasteiger partial charge is 0.330 e. The van der Waals surface area contributed by atoms with Crippen molar-refractivity contribution < 1.29 is 14.4 Å². The number of urea groups is 1. The van der Waals surface area contributed by atoms with Crippen molar-refractivity contribution in [3.05, 3.63) is 28.8 Å². The van der Waals surface area contributed by atoms with Gasteiger partial charge in [-0.2, -0.15) is 0 Å².